The number of hydrogen-bond acceptors (Lipinski definition) is 4. The molecule has 1 aromatic heterocycles. The molecular formula is C14H16IN3O. The number of rotatable bonds is 3. The zero-order valence-electron chi connectivity index (χ0n) is 10.7. The van der Waals surface area contributed by atoms with Crippen LogP contribution in [0.5, 0.6) is 5.88 Å². The molecule has 0 radical (unpaired) electrons. The van der Waals surface area contributed by atoms with Gasteiger partial charge in [-0.15, -0.1) is 0 Å². The van der Waals surface area contributed by atoms with Gasteiger partial charge in [0.05, 0.1) is 0 Å². The fourth-order valence-corrected chi connectivity index (χ4v) is 5.17. The summed E-state index contributed by atoms with van der Waals surface area (Å²) in [5.41, 5.74) is 5.51. The first-order valence-corrected chi connectivity index (χ1v) is 10.4. The second-order valence-corrected chi connectivity index (χ2v) is 8.66. The van der Waals surface area contributed by atoms with Crippen LogP contribution in [0.3, 0.4) is 0 Å². The Labute approximate surface area is 120 Å². The molecule has 0 amide bonds. The van der Waals surface area contributed by atoms with Gasteiger partial charge in [0.1, 0.15) is 0 Å². The molecule has 19 heavy (non-hydrogen) atoms. The molecule has 0 saturated heterocycles. The molecule has 0 unspecified atom stereocenters. The number of aromatic nitrogens is 1. The van der Waals surface area contributed by atoms with E-state index in [2.05, 4.69) is 31.6 Å². The van der Waals surface area contributed by atoms with Gasteiger partial charge in [0.15, 0.2) is 0 Å². The second-order valence-electron chi connectivity index (χ2n) is 4.34. The van der Waals surface area contributed by atoms with Crippen molar-refractivity contribution in [2.24, 2.45) is 0 Å². The fraction of sp³-hybridized carbons (Fsp3) is 0.214. The van der Waals surface area contributed by atoms with Crippen LogP contribution in [-0.2, 0) is 0 Å². The van der Waals surface area contributed by atoms with E-state index < -0.39 is 20.1 Å². The molecule has 0 fully saturated rings. The summed E-state index contributed by atoms with van der Waals surface area (Å²) in [6.45, 7) is 3.82. The van der Waals surface area contributed by atoms with Gasteiger partial charge in [0.2, 0.25) is 0 Å². The molecule has 2 heterocycles. The van der Waals surface area contributed by atoms with Crippen molar-refractivity contribution < 1.29 is 4.74 Å². The third-order valence-corrected chi connectivity index (χ3v) is 6.79. The predicted octanol–water partition coefficient (Wildman–Crippen LogP) is 3.40. The Bertz CT molecular complexity index is 580. The number of nitrogens with one attached hydrogen (secondary N) is 2. The third kappa shape index (κ3) is 2.52. The molecule has 1 aliphatic heterocycles. The molecule has 1 aromatic rings. The first-order valence-electron chi connectivity index (χ1n) is 6.09. The van der Waals surface area contributed by atoms with Gasteiger partial charge in [-0.05, 0) is 0 Å². The molecule has 0 saturated carbocycles. The Morgan fingerprint density at radius 3 is 3.26 bits per heavy atom. The van der Waals surface area contributed by atoms with Crippen LogP contribution in [-0.4, -0.2) is 9.91 Å². The van der Waals surface area contributed by atoms with Crippen molar-refractivity contribution in [1.29, 1.82) is 0 Å². The van der Waals surface area contributed by atoms with Crippen molar-refractivity contribution in [3.05, 3.63) is 52.0 Å². The van der Waals surface area contributed by atoms with E-state index in [0.29, 0.717) is 0 Å². The predicted molar refractivity (Wildman–Crippen MR) is 85.9 cm³/mol. The van der Waals surface area contributed by atoms with E-state index in [0.717, 1.165) is 30.2 Å². The first-order chi connectivity index (χ1) is 9.28. The summed E-state index contributed by atoms with van der Waals surface area (Å²) < 4.78 is 10.5. The minimum absolute atomic E-state index is 0.732. The summed E-state index contributed by atoms with van der Waals surface area (Å²) in [4.78, 5) is 6.62. The Morgan fingerprint density at radius 2 is 2.42 bits per heavy atom. The van der Waals surface area contributed by atoms with Gasteiger partial charge in [0.25, 0.3) is 0 Å². The van der Waals surface area contributed by atoms with Gasteiger partial charge >= 0.3 is 120 Å². The summed E-state index contributed by atoms with van der Waals surface area (Å²) >= 11 is -1.38. The van der Waals surface area contributed by atoms with Gasteiger partial charge in [-0.2, -0.15) is 0 Å². The number of alkyl halides is 1. The Kier molecular flexibility index (Phi) is 3.56. The van der Waals surface area contributed by atoms with Crippen LogP contribution >= 0.6 is 20.1 Å². The number of hydrazine groups is 1. The number of allylic oxidation sites excluding steroid dienone is 4. The molecular weight excluding hydrogens is 353 g/mol. The average molecular weight is 369 g/mol. The molecule has 100 valence electrons. The maximum atomic E-state index is 5.99. The normalized spacial score (nSPS) is 19.1. The molecule has 0 bridgehead atoms. The zero-order valence-corrected chi connectivity index (χ0v) is 12.9. The summed E-state index contributed by atoms with van der Waals surface area (Å²) in [5, 5.41) is 0. The fourth-order valence-electron chi connectivity index (χ4n) is 2.07. The van der Waals surface area contributed by atoms with E-state index in [4.69, 9.17) is 4.74 Å². The van der Waals surface area contributed by atoms with Crippen molar-refractivity contribution in [3.8, 4) is 5.88 Å². The molecule has 0 spiro atoms. The van der Waals surface area contributed by atoms with Gasteiger partial charge in [-0.1, -0.05) is 0 Å². The SMILES string of the molecule is C=CC1=CC(Oc2nccc3c2I(C)NN3)=CCC1. The van der Waals surface area contributed by atoms with Crippen LogP contribution in [0.25, 0.3) is 0 Å². The molecule has 0 atom stereocenters. The van der Waals surface area contributed by atoms with Crippen molar-refractivity contribution in [2.75, 3.05) is 10.4 Å². The maximum absolute atomic E-state index is 5.99. The van der Waals surface area contributed by atoms with Crippen molar-refractivity contribution in [2.45, 2.75) is 12.8 Å². The molecule has 2 N–H and O–H groups in total. The summed E-state index contributed by atoms with van der Waals surface area (Å²) in [6, 6.07) is 1.98. The molecule has 1 aliphatic carbocycles. The van der Waals surface area contributed by atoms with Crippen LogP contribution in [0, 0.1) is 3.57 Å². The van der Waals surface area contributed by atoms with Gasteiger partial charge < -0.3 is 0 Å². The number of hydrogen-bond donors (Lipinski definition) is 2. The number of fused-ring (bicyclic) bond motifs is 1. The third-order valence-electron chi connectivity index (χ3n) is 3.05. The van der Waals surface area contributed by atoms with Crippen molar-refractivity contribution in [3.63, 3.8) is 0 Å². The van der Waals surface area contributed by atoms with Gasteiger partial charge in [-0.25, -0.2) is 0 Å². The van der Waals surface area contributed by atoms with E-state index in [-0.39, 0.29) is 0 Å². The van der Waals surface area contributed by atoms with Crippen LogP contribution in [0.15, 0.2) is 48.4 Å². The summed E-state index contributed by atoms with van der Waals surface area (Å²) in [6.07, 6.45) is 9.85. The van der Waals surface area contributed by atoms with E-state index in [9.17, 15) is 0 Å². The van der Waals surface area contributed by atoms with Crippen LogP contribution in [0.2, 0.25) is 0 Å². The number of pyridine rings is 1. The molecule has 3 rings (SSSR count). The average Bonchev–Trinajstić information content (AvgIpc) is 2.82. The number of halogens is 1. The van der Waals surface area contributed by atoms with E-state index in [1.54, 1.807) is 6.20 Å². The van der Waals surface area contributed by atoms with Gasteiger partial charge in [-0.3, -0.25) is 0 Å². The number of nitrogens with zero attached hydrogens (tertiary/aromatic N) is 1. The molecule has 0 aromatic carbocycles. The summed E-state index contributed by atoms with van der Waals surface area (Å²) in [7, 11) is 0. The van der Waals surface area contributed by atoms with Crippen molar-refractivity contribution in [1.82, 2.24) is 8.62 Å². The van der Waals surface area contributed by atoms with Gasteiger partial charge in [0, 0.05) is 0 Å². The van der Waals surface area contributed by atoms with E-state index in [1.165, 1.54) is 9.14 Å². The van der Waals surface area contributed by atoms with E-state index in [1.807, 2.05) is 18.2 Å². The summed E-state index contributed by atoms with van der Waals surface area (Å²) in [5.74, 6) is 1.61. The van der Waals surface area contributed by atoms with Crippen LogP contribution in [0.4, 0.5) is 5.69 Å². The van der Waals surface area contributed by atoms with E-state index >= 15 is 0 Å². The zero-order chi connectivity index (χ0) is 13.2. The Morgan fingerprint density at radius 1 is 1.53 bits per heavy atom. The molecule has 4 nitrogen and oxygen atoms in total. The Hall–Kier alpha value is -1.34. The number of ether oxygens (including phenoxy) is 1. The van der Waals surface area contributed by atoms with Crippen LogP contribution in [0.1, 0.15) is 12.8 Å². The minimum atomic E-state index is -1.38. The van der Waals surface area contributed by atoms with Crippen LogP contribution < -0.4 is 13.8 Å². The quantitative estimate of drug-likeness (QED) is 0.487. The number of anilines is 1. The topological polar surface area (TPSA) is 46.2 Å². The monoisotopic (exact) mass is 369 g/mol. The molecule has 5 heteroatoms. The first kappa shape index (κ1) is 12.7. The Balaban J connectivity index is 1.89. The van der Waals surface area contributed by atoms with Crippen molar-refractivity contribution >= 4 is 25.8 Å². The standard InChI is InChI=1S/C14H16IN3O/c1-3-10-5-4-6-11(9-10)19-14-13-12(7-8-16-14)17-18-15(13)2/h3,6-9,17-18H,1,4-5H2,2H3. The second kappa shape index (κ2) is 5.34. The molecule has 2 aliphatic rings.